The van der Waals surface area contributed by atoms with E-state index in [0.717, 1.165) is 25.3 Å². The van der Waals surface area contributed by atoms with Crippen molar-refractivity contribution in [1.29, 1.82) is 0 Å². The molecule has 0 aromatic carbocycles. The van der Waals surface area contributed by atoms with Gasteiger partial charge in [-0.1, -0.05) is 6.42 Å². The van der Waals surface area contributed by atoms with Crippen LogP contribution in [0.15, 0.2) is 0 Å². The summed E-state index contributed by atoms with van der Waals surface area (Å²) in [4.78, 5) is 13.2. The van der Waals surface area contributed by atoms with Crippen LogP contribution in [0.5, 0.6) is 0 Å². The van der Waals surface area contributed by atoms with E-state index in [9.17, 15) is 4.79 Å². The van der Waals surface area contributed by atoms with E-state index in [1.807, 2.05) is 7.05 Å². The molecule has 0 aromatic rings. The molecule has 0 saturated heterocycles. The molecule has 16 heavy (non-hydrogen) atoms. The maximum absolute atomic E-state index is 11.1. The van der Waals surface area contributed by atoms with Crippen LogP contribution in [-0.4, -0.2) is 48.2 Å². The van der Waals surface area contributed by atoms with Gasteiger partial charge in [0.05, 0.1) is 0 Å². The van der Waals surface area contributed by atoms with E-state index in [1.165, 1.54) is 19.3 Å². The van der Waals surface area contributed by atoms with E-state index in [1.54, 1.807) is 0 Å². The van der Waals surface area contributed by atoms with E-state index in [4.69, 9.17) is 5.11 Å². The largest absolute Gasteiger partial charge is 0.480 e. The minimum Gasteiger partial charge on any atom is -0.480 e. The summed E-state index contributed by atoms with van der Waals surface area (Å²) in [7, 11) is 2.03. The van der Waals surface area contributed by atoms with Gasteiger partial charge < -0.3 is 15.3 Å². The van der Waals surface area contributed by atoms with Crippen molar-refractivity contribution in [3.63, 3.8) is 0 Å². The van der Waals surface area contributed by atoms with Gasteiger partial charge >= 0.3 is 5.97 Å². The highest BCUT2D eigenvalue weighted by molar-refractivity contribution is 5.73. The van der Waals surface area contributed by atoms with E-state index in [2.05, 4.69) is 10.2 Å². The number of rotatable bonds is 7. The summed E-state index contributed by atoms with van der Waals surface area (Å²) < 4.78 is 0. The quantitative estimate of drug-likeness (QED) is 0.678. The smallest absolute Gasteiger partial charge is 0.322 e. The standard InChI is InChI=1S/C12H22N2O2/c1-14(7-9-3-2-4-9)8-11(12(15)16)13-10-5-6-10/h9-11,13H,2-8H2,1H3,(H,15,16). The summed E-state index contributed by atoms with van der Waals surface area (Å²) in [5, 5.41) is 12.3. The molecule has 0 amide bonds. The van der Waals surface area contributed by atoms with Crippen LogP contribution in [0, 0.1) is 5.92 Å². The van der Waals surface area contributed by atoms with Gasteiger partial charge in [-0.3, -0.25) is 4.79 Å². The second kappa shape index (κ2) is 5.15. The van der Waals surface area contributed by atoms with Crippen molar-refractivity contribution < 1.29 is 9.90 Å². The number of carboxylic acid groups (broad SMARTS) is 1. The summed E-state index contributed by atoms with van der Waals surface area (Å²) in [6.07, 6.45) is 6.25. The number of carbonyl (C=O) groups is 1. The predicted molar refractivity (Wildman–Crippen MR) is 62.4 cm³/mol. The average Bonchev–Trinajstić information content (AvgIpc) is 2.94. The fourth-order valence-electron chi connectivity index (χ4n) is 2.24. The molecule has 4 nitrogen and oxygen atoms in total. The number of likely N-dealkylation sites (N-methyl/N-ethyl adjacent to an activating group) is 1. The Morgan fingerprint density at radius 1 is 1.44 bits per heavy atom. The van der Waals surface area contributed by atoms with E-state index < -0.39 is 12.0 Å². The van der Waals surface area contributed by atoms with Crippen LogP contribution in [-0.2, 0) is 4.79 Å². The Balaban J connectivity index is 1.71. The maximum atomic E-state index is 11.1. The van der Waals surface area contributed by atoms with Crippen LogP contribution in [0.2, 0.25) is 0 Å². The Morgan fingerprint density at radius 2 is 2.12 bits per heavy atom. The van der Waals surface area contributed by atoms with Gasteiger partial charge in [0, 0.05) is 19.1 Å². The van der Waals surface area contributed by atoms with E-state index in [0.29, 0.717) is 12.6 Å². The summed E-state index contributed by atoms with van der Waals surface area (Å²) in [5.74, 6) is 0.0905. The van der Waals surface area contributed by atoms with E-state index in [-0.39, 0.29) is 0 Å². The van der Waals surface area contributed by atoms with Gasteiger partial charge in [-0.15, -0.1) is 0 Å². The second-order valence-electron chi connectivity index (χ2n) is 5.35. The van der Waals surface area contributed by atoms with Crippen LogP contribution >= 0.6 is 0 Å². The highest BCUT2D eigenvalue weighted by Crippen LogP contribution is 2.26. The normalized spacial score (nSPS) is 23.1. The monoisotopic (exact) mass is 226 g/mol. The van der Waals surface area contributed by atoms with Crippen molar-refractivity contribution in [2.75, 3.05) is 20.1 Å². The summed E-state index contributed by atoms with van der Waals surface area (Å²) in [5.41, 5.74) is 0. The summed E-state index contributed by atoms with van der Waals surface area (Å²) in [6, 6.07) is 0.0655. The molecule has 2 aliphatic carbocycles. The SMILES string of the molecule is CN(CC1CCC1)CC(NC1CC1)C(=O)O. The molecule has 92 valence electrons. The Morgan fingerprint density at radius 3 is 2.56 bits per heavy atom. The molecule has 0 bridgehead atoms. The van der Waals surface area contributed by atoms with Crippen molar-refractivity contribution in [2.45, 2.75) is 44.2 Å². The molecule has 2 aliphatic rings. The predicted octanol–water partition coefficient (Wildman–Crippen LogP) is 0.923. The van der Waals surface area contributed by atoms with Crippen LogP contribution in [0.25, 0.3) is 0 Å². The van der Waals surface area contributed by atoms with Crippen molar-refractivity contribution in [2.24, 2.45) is 5.92 Å². The van der Waals surface area contributed by atoms with Crippen LogP contribution in [0.1, 0.15) is 32.1 Å². The first-order valence-electron chi connectivity index (χ1n) is 6.32. The molecule has 2 saturated carbocycles. The first-order chi connectivity index (χ1) is 7.65. The van der Waals surface area contributed by atoms with Crippen LogP contribution < -0.4 is 5.32 Å². The van der Waals surface area contributed by atoms with Crippen molar-refractivity contribution in [1.82, 2.24) is 10.2 Å². The first kappa shape index (κ1) is 11.9. The number of hydrogen-bond acceptors (Lipinski definition) is 3. The summed E-state index contributed by atoms with van der Waals surface area (Å²) in [6.45, 7) is 1.68. The lowest BCUT2D eigenvalue weighted by Gasteiger charge is -2.31. The van der Waals surface area contributed by atoms with Crippen molar-refractivity contribution in [3.05, 3.63) is 0 Å². The zero-order chi connectivity index (χ0) is 11.5. The molecule has 0 aliphatic heterocycles. The highest BCUT2D eigenvalue weighted by atomic mass is 16.4. The van der Waals surface area contributed by atoms with Gasteiger partial charge in [-0.2, -0.15) is 0 Å². The Bertz CT molecular complexity index is 249. The van der Waals surface area contributed by atoms with Gasteiger partial charge in [0.1, 0.15) is 6.04 Å². The third-order valence-corrected chi connectivity index (χ3v) is 3.60. The molecule has 0 radical (unpaired) electrons. The Labute approximate surface area is 97.0 Å². The van der Waals surface area contributed by atoms with Gasteiger partial charge in [0.2, 0.25) is 0 Å². The van der Waals surface area contributed by atoms with Crippen molar-refractivity contribution >= 4 is 5.97 Å². The molecule has 2 rings (SSSR count). The van der Waals surface area contributed by atoms with Gasteiger partial charge in [-0.25, -0.2) is 0 Å². The molecule has 2 fully saturated rings. The molecule has 0 spiro atoms. The Hall–Kier alpha value is -0.610. The fraction of sp³-hybridized carbons (Fsp3) is 0.917. The topological polar surface area (TPSA) is 52.6 Å². The van der Waals surface area contributed by atoms with Crippen LogP contribution in [0.3, 0.4) is 0 Å². The summed E-state index contributed by atoms with van der Waals surface area (Å²) >= 11 is 0. The average molecular weight is 226 g/mol. The molecule has 0 heterocycles. The highest BCUT2D eigenvalue weighted by Gasteiger charge is 2.29. The minimum atomic E-state index is -0.715. The molecule has 2 N–H and O–H groups in total. The van der Waals surface area contributed by atoms with Crippen LogP contribution in [0.4, 0.5) is 0 Å². The van der Waals surface area contributed by atoms with Crippen molar-refractivity contribution in [3.8, 4) is 0 Å². The Kier molecular flexibility index (Phi) is 3.82. The number of aliphatic carboxylic acids is 1. The zero-order valence-electron chi connectivity index (χ0n) is 9.98. The lowest BCUT2D eigenvalue weighted by atomic mass is 9.85. The molecule has 1 atom stereocenters. The molecule has 4 heteroatoms. The lowest BCUT2D eigenvalue weighted by Crippen LogP contribution is -2.47. The zero-order valence-corrected chi connectivity index (χ0v) is 9.98. The number of hydrogen-bond donors (Lipinski definition) is 2. The van der Waals surface area contributed by atoms with Gasteiger partial charge in [0.25, 0.3) is 0 Å². The number of carboxylic acids is 1. The third kappa shape index (κ3) is 3.46. The molecule has 0 aromatic heterocycles. The minimum absolute atomic E-state index is 0.391. The van der Waals surface area contributed by atoms with E-state index >= 15 is 0 Å². The number of nitrogens with zero attached hydrogens (tertiary/aromatic N) is 1. The molecule has 1 unspecified atom stereocenters. The number of nitrogens with one attached hydrogen (secondary N) is 1. The lowest BCUT2D eigenvalue weighted by molar-refractivity contribution is -0.140. The van der Waals surface area contributed by atoms with Gasteiger partial charge in [-0.05, 0) is 38.6 Å². The molecular weight excluding hydrogens is 204 g/mol. The molecular formula is C12H22N2O2. The second-order valence-corrected chi connectivity index (χ2v) is 5.35. The first-order valence-corrected chi connectivity index (χ1v) is 6.32. The van der Waals surface area contributed by atoms with Gasteiger partial charge in [0.15, 0.2) is 0 Å². The maximum Gasteiger partial charge on any atom is 0.322 e. The fourth-order valence-corrected chi connectivity index (χ4v) is 2.24. The third-order valence-electron chi connectivity index (χ3n) is 3.60.